The van der Waals surface area contributed by atoms with Gasteiger partial charge in [0.1, 0.15) is 0 Å². The molecule has 3 nitrogen and oxygen atoms in total. The molecule has 0 spiro atoms. The lowest BCUT2D eigenvalue weighted by molar-refractivity contribution is -0.137. The first kappa shape index (κ1) is 17.9. The molecule has 0 radical (unpaired) electrons. The molecule has 2 aromatic heterocycles. The zero-order valence-corrected chi connectivity index (χ0v) is 15.6. The standard InChI is InChI=1S/C19H15ClO3S2/c20-19-13-5-1-2-7-15(13)25-17(19)9-10-18(22)23-11-3-6-14(21)16-8-4-12-24-16/h1-2,4-5,7-10,12H,3,6,11H2/b10-9+. The second-order valence-electron chi connectivity index (χ2n) is 5.28. The minimum atomic E-state index is -0.433. The number of carbonyl (C=O) groups excluding carboxylic acids is 2. The molecule has 0 atom stereocenters. The summed E-state index contributed by atoms with van der Waals surface area (Å²) in [7, 11) is 0. The molecule has 0 N–H and O–H groups in total. The Kier molecular flexibility index (Phi) is 6.02. The van der Waals surface area contributed by atoms with Crippen LogP contribution in [0.4, 0.5) is 0 Å². The smallest absolute Gasteiger partial charge is 0.330 e. The lowest BCUT2D eigenvalue weighted by Gasteiger charge is -2.01. The van der Waals surface area contributed by atoms with Crippen molar-refractivity contribution >= 4 is 62.2 Å². The van der Waals surface area contributed by atoms with Gasteiger partial charge in [0.2, 0.25) is 0 Å². The van der Waals surface area contributed by atoms with E-state index in [9.17, 15) is 9.59 Å². The topological polar surface area (TPSA) is 43.4 Å². The molecule has 0 saturated heterocycles. The quantitative estimate of drug-likeness (QED) is 0.220. The zero-order valence-electron chi connectivity index (χ0n) is 13.2. The van der Waals surface area contributed by atoms with Crippen molar-refractivity contribution in [3.63, 3.8) is 0 Å². The zero-order chi connectivity index (χ0) is 17.6. The number of halogens is 1. The predicted octanol–water partition coefficient (Wildman–Crippen LogP) is 5.84. The Balaban J connectivity index is 1.48. The Hall–Kier alpha value is -1.95. The normalized spacial score (nSPS) is 11.2. The van der Waals surface area contributed by atoms with E-state index in [1.165, 1.54) is 28.7 Å². The Labute approximate surface area is 158 Å². The molecule has 128 valence electrons. The van der Waals surface area contributed by atoms with Crippen molar-refractivity contribution in [3.05, 3.63) is 62.6 Å². The van der Waals surface area contributed by atoms with Crippen molar-refractivity contribution in [3.8, 4) is 0 Å². The number of hydrogen-bond acceptors (Lipinski definition) is 5. The number of esters is 1. The third kappa shape index (κ3) is 4.57. The first-order valence-corrected chi connectivity index (χ1v) is 9.81. The number of ketones is 1. The van der Waals surface area contributed by atoms with E-state index < -0.39 is 5.97 Å². The maximum atomic E-state index is 11.8. The molecule has 0 amide bonds. The number of benzene rings is 1. The highest BCUT2D eigenvalue weighted by Crippen LogP contribution is 2.35. The van der Waals surface area contributed by atoms with Crippen LogP contribution in [0.5, 0.6) is 0 Å². The Morgan fingerprint density at radius 3 is 2.76 bits per heavy atom. The maximum Gasteiger partial charge on any atom is 0.330 e. The third-order valence-corrected chi connectivity index (χ3v) is 6.09. The van der Waals surface area contributed by atoms with Crippen LogP contribution in [0.1, 0.15) is 27.4 Å². The molecule has 3 aromatic rings. The molecule has 25 heavy (non-hydrogen) atoms. The van der Waals surface area contributed by atoms with Crippen molar-refractivity contribution in [1.82, 2.24) is 0 Å². The SMILES string of the molecule is O=C(/C=C/c1sc2ccccc2c1Cl)OCCCC(=O)c1cccs1. The average Bonchev–Trinajstić information content (AvgIpc) is 3.26. The molecule has 2 heterocycles. The number of carbonyl (C=O) groups is 2. The molecular formula is C19H15ClO3S2. The fourth-order valence-electron chi connectivity index (χ4n) is 2.30. The van der Waals surface area contributed by atoms with Crippen LogP contribution < -0.4 is 0 Å². The van der Waals surface area contributed by atoms with Crippen molar-refractivity contribution in [2.24, 2.45) is 0 Å². The van der Waals surface area contributed by atoms with Crippen molar-refractivity contribution in [1.29, 1.82) is 0 Å². The van der Waals surface area contributed by atoms with E-state index in [0.29, 0.717) is 17.9 Å². The third-order valence-electron chi connectivity index (χ3n) is 3.52. The van der Waals surface area contributed by atoms with Gasteiger partial charge in [0.15, 0.2) is 5.78 Å². The predicted molar refractivity (Wildman–Crippen MR) is 105 cm³/mol. The molecule has 0 unspecified atom stereocenters. The summed E-state index contributed by atoms with van der Waals surface area (Å²) in [5.41, 5.74) is 0. The molecular weight excluding hydrogens is 376 g/mol. The number of Topliss-reactive ketones (excluding diaryl/α,β-unsaturated/α-hetero) is 1. The number of fused-ring (bicyclic) bond motifs is 1. The van der Waals surface area contributed by atoms with Gasteiger partial charge in [0.25, 0.3) is 0 Å². The van der Waals surface area contributed by atoms with E-state index >= 15 is 0 Å². The second kappa shape index (κ2) is 8.43. The van der Waals surface area contributed by atoms with Gasteiger partial charge < -0.3 is 4.74 Å². The van der Waals surface area contributed by atoms with E-state index in [0.717, 1.165) is 19.8 Å². The highest BCUT2D eigenvalue weighted by molar-refractivity contribution is 7.20. The summed E-state index contributed by atoms with van der Waals surface area (Å²) in [5, 5.41) is 3.50. The summed E-state index contributed by atoms with van der Waals surface area (Å²) in [4.78, 5) is 25.2. The van der Waals surface area contributed by atoms with Gasteiger partial charge in [-0.2, -0.15) is 0 Å². The molecule has 0 saturated carbocycles. The second-order valence-corrected chi connectivity index (χ2v) is 7.69. The van der Waals surface area contributed by atoms with E-state index in [4.69, 9.17) is 16.3 Å². The van der Waals surface area contributed by atoms with E-state index in [-0.39, 0.29) is 12.4 Å². The summed E-state index contributed by atoms with van der Waals surface area (Å²) in [6.45, 7) is 0.223. The van der Waals surface area contributed by atoms with E-state index in [1.807, 2.05) is 35.7 Å². The van der Waals surface area contributed by atoms with Crippen LogP contribution in [-0.4, -0.2) is 18.4 Å². The number of thiophene rings is 2. The monoisotopic (exact) mass is 390 g/mol. The Morgan fingerprint density at radius 1 is 1.16 bits per heavy atom. The summed E-state index contributed by atoms with van der Waals surface area (Å²) in [6, 6.07) is 11.5. The van der Waals surface area contributed by atoms with Crippen molar-refractivity contribution < 1.29 is 14.3 Å². The van der Waals surface area contributed by atoms with Crippen LogP contribution >= 0.6 is 34.3 Å². The van der Waals surface area contributed by atoms with Crippen LogP contribution in [-0.2, 0) is 9.53 Å². The summed E-state index contributed by atoms with van der Waals surface area (Å²) in [6.07, 6.45) is 3.93. The molecule has 1 aromatic carbocycles. The highest BCUT2D eigenvalue weighted by atomic mass is 35.5. The van der Waals surface area contributed by atoms with E-state index in [1.54, 1.807) is 12.1 Å². The number of rotatable bonds is 7. The minimum Gasteiger partial charge on any atom is -0.463 e. The van der Waals surface area contributed by atoms with Crippen LogP contribution in [0.25, 0.3) is 16.2 Å². The molecule has 6 heteroatoms. The van der Waals surface area contributed by atoms with E-state index in [2.05, 4.69) is 0 Å². The number of hydrogen-bond donors (Lipinski definition) is 0. The molecule has 0 bridgehead atoms. The average molecular weight is 391 g/mol. The fraction of sp³-hybridized carbons (Fsp3) is 0.158. The first-order valence-electron chi connectivity index (χ1n) is 7.74. The van der Waals surface area contributed by atoms with Gasteiger partial charge in [-0.1, -0.05) is 35.9 Å². The van der Waals surface area contributed by atoms with Gasteiger partial charge in [-0.05, 0) is 30.0 Å². The molecule has 0 aliphatic carbocycles. The Bertz CT molecular complexity index is 910. The molecule has 0 fully saturated rings. The maximum absolute atomic E-state index is 11.8. The van der Waals surface area contributed by atoms with Crippen LogP contribution in [0.2, 0.25) is 5.02 Å². The van der Waals surface area contributed by atoms with Crippen molar-refractivity contribution in [2.75, 3.05) is 6.61 Å². The van der Waals surface area contributed by atoms with Gasteiger partial charge in [-0.25, -0.2) is 4.79 Å². The van der Waals surface area contributed by atoms with Gasteiger partial charge >= 0.3 is 5.97 Å². The molecule has 0 aliphatic rings. The van der Waals surface area contributed by atoms with Crippen molar-refractivity contribution in [2.45, 2.75) is 12.8 Å². The van der Waals surface area contributed by atoms with Crippen LogP contribution in [0.3, 0.4) is 0 Å². The first-order chi connectivity index (χ1) is 12.1. The summed E-state index contributed by atoms with van der Waals surface area (Å²) >= 11 is 9.27. The highest BCUT2D eigenvalue weighted by Gasteiger charge is 2.09. The van der Waals surface area contributed by atoms with Gasteiger partial charge in [0.05, 0.1) is 16.5 Å². The fourth-order valence-corrected chi connectivity index (χ4v) is 4.39. The van der Waals surface area contributed by atoms with Gasteiger partial charge in [-0.3, -0.25) is 4.79 Å². The minimum absolute atomic E-state index is 0.0821. The number of ether oxygens (including phenoxy) is 1. The van der Waals surface area contributed by atoms with Crippen LogP contribution in [0, 0.1) is 0 Å². The summed E-state index contributed by atoms with van der Waals surface area (Å²) < 4.78 is 6.21. The molecule has 0 aliphatic heterocycles. The van der Waals surface area contributed by atoms with Gasteiger partial charge in [0, 0.05) is 27.5 Å². The van der Waals surface area contributed by atoms with Gasteiger partial charge in [-0.15, -0.1) is 22.7 Å². The Morgan fingerprint density at radius 2 is 2.00 bits per heavy atom. The summed E-state index contributed by atoms with van der Waals surface area (Å²) in [5.74, 6) is -0.351. The van der Waals surface area contributed by atoms with Crippen LogP contribution in [0.15, 0.2) is 47.9 Å². The lowest BCUT2D eigenvalue weighted by atomic mass is 10.2. The largest absolute Gasteiger partial charge is 0.463 e. The lowest BCUT2D eigenvalue weighted by Crippen LogP contribution is -2.04. The molecule has 3 rings (SSSR count).